The standard InChI is InChI=1S/C14H14N2O3/c17-12(10-5-2-1-3-6-10)9-16-14(19)11-7-4-8-15-13(11)18/h1-8,12,17H,9H2,(H,15,18)(H,16,19). The number of carbonyl (C=O) groups is 1. The number of rotatable bonds is 4. The van der Waals surface area contributed by atoms with Gasteiger partial charge in [0, 0.05) is 12.7 Å². The highest BCUT2D eigenvalue weighted by Gasteiger charge is 2.12. The predicted molar refractivity (Wildman–Crippen MR) is 70.8 cm³/mol. The maximum Gasteiger partial charge on any atom is 0.260 e. The van der Waals surface area contributed by atoms with Crippen LogP contribution in [-0.2, 0) is 0 Å². The Morgan fingerprint density at radius 1 is 1.21 bits per heavy atom. The van der Waals surface area contributed by atoms with Crippen molar-refractivity contribution in [2.45, 2.75) is 6.10 Å². The van der Waals surface area contributed by atoms with E-state index in [1.165, 1.54) is 12.3 Å². The first-order valence-corrected chi connectivity index (χ1v) is 5.87. The highest BCUT2D eigenvalue weighted by atomic mass is 16.3. The first-order valence-electron chi connectivity index (χ1n) is 5.87. The van der Waals surface area contributed by atoms with Crippen LogP contribution in [0.2, 0.25) is 0 Å². The Hall–Kier alpha value is -2.40. The van der Waals surface area contributed by atoms with Gasteiger partial charge >= 0.3 is 0 Å². The minimum atomic E-state index is -0.798. The second kappa shape index (κ2) is 5.97. The number of pyridine rings is 1. The molecule has 1 unspecified atom stereocenters. The Bertz CT molecular complexity index is 607. The summed E-state index contributed by atoms with van der Waals surface area (Å²) in [6.07, 6.45) is 0.658. The zero-order chi connectivity index (χ0) is 13.7. The van der Waals surface area contributed by atoms with Gasteiger partial charge in [0.1, 0.15) is 5.56 Å². The van der Waals surface area contributed by atoms with E-state index < -0.39 is 17.6 Å². The van der Waals surface area contributed by atoms with Crippen LogP contribution in [0.3, 0.4) is 0 Å². The summed E-state index contributed by atoms with van der Waals surface area (Å²) in [5, 5.41) is 12.4. The highest BCUT2D eigenvalue weighted by molar-refractivity contribution is 5.93. The maximum absolute atomic E-state index is 11.8. The van der Waals surface area contributed by atoms with Crippen LogP contribution in [0.25, 0.3) is 0 Å². The molecule has 2 rings (SSSR count). The van der Waals surface area contributed by atoms with Crippen LogP contribution in [0.4, 0.5) is 0 Å². The molecule has 3 N–H and O–H groups in total. The fourth-order valence-corrected chi connectivity index (χ4v) is 1.68. The van der Waals surface area contributed by atoms with Gasteiger partial charge in [-0.3, -0.25) is 9.59 Å². The summed E-state index contributed by atoms with van der Waals surface area (Å²) in [6.45, 7) is 0.0528. The van der Waals surface area contributed by atoms with Crippen molar-refractivity contribution in [1.82, 2.24) is 10.3 Å². The number of nitrogens with one attached hydrogen (secondary N) is 2. The van der Waals surface area contributed by atoms with Gasteiger partial charge in [0.15, 0.2) is 0 Å². The van der Waals surface area contributed by atoms with Crippen molar-refractivity contribution in [3.63, 3.8) is 0 Å². The quantitative estimate of drug-likeness (QED) is 0.760. The molecule has 2 aromatic rings. The van der Waals surface area contributed by atoms with Gasteiger partial charge in [-0.05, 0) is 17.7 Å². The Balaban J connectivity index is 1.98. The minimum absolute atomic E-state index is 0.0303. The lowest BCUT2D eigenvalue weighted by Crippen LogP contribution is -2.32. The molecule has 1 amide bonds. The van der Waals surface area contributed by atoms with Crippen LogP contribution >= 0.6 is 0 Å². The largest absolute Gasteiger partial charge is 0.387 e. The topological polar surface area (TPSA) is 82.2 Å². The summed E-state index contributed by atoms with van der Waals surface area (Å²) >= 11 is 0. The third-order valence-electron chi connectivity index (χ3n) is 2.70. The third-order valence-corrected chi connectivity index (χ3v) is 2.70. The molecule has 0 fully saturated rings. The number of aromatic amines is 1. The summed E-state index contributed by atoms with van der Waals surface area (Å²) in [5.41, 5.74) is 0.293. The number of benzene rings is 1. The van der Waals surface area contributed by atoms with Gasteiger partial charge < -0.3 is 15.4 Å². The highest BCUT2D eigenvalue weighted by Crippen LogP contribution is 2.10. The number of carbonyl (C=O) groups excluding carboxylic acids is 1. The van der Waals surface area contributed by atoms with Crippen molar-refractivity contribution in [1.29, 1.82) is 0 Å². The third kappa shape index (κ3) is 3.29. The lowest BCUT2D eigenvalue weighted by Gasteiger charge is -2.11. The van der Waals surface area contributed by atoms with Gasteiger partial charge in [0.05, 0.1) is 6.10 Å². The molecule has 0 radical (unpaired) electrons. The van der Waals surface area contributed by atoms with Crippen LogP contribution in [-0.4, -0.2) is 22.5 Å². The molecule has 5 nitrogen and oxygen atoms in total. The molecule has 1 aromatic carbocycles. The van der Waals surface area contributed by atoms with Crippen molar-refractivity contribution >= 4 is 5.91 Å². The Morgan fingerprint density at radius 3 is 2.63 bits per heavy atom. The SMILES string of the molecule is O=C(NCC(O)c1ccccc1)c1ccc[nH]c1=O. The zero-order valence-corrected chi connectivity index (χ0v) is 10.2. The molecule has 98 valence electrons. The lowest BCUT2D eigenvalue weighted by atomic mass is 10.1. The minimum Gasteiger partial charge on any atom is -0.387 e. The fraction of sp³-hybridized carbons (Fsp3) is 0.143. The van der Waals surface area contributed by atoms with Crippen LogP contribution < -0.4 is 10.9 Å². The smallest absolute Gasteiger partial charge is 0.260 e. The first-order chi connectivity index (χ1) is 9.18. The van der Waals surface area contributed by atoms with Crippen molar-refractivity contribution in [3.8, 4) is 0 Å². The van der Waals surface area contributed by atoms with Crippen molar-refractivity contribution < 1.29 is 9.90 Å². The van der Waals surface area contributed by atoms with Crippen molar-refractivity contribution in [3.05, 3.63) is 70.1 Å². The van der Waals surface area contributed by atoms with Gasteiger partial charge in [-0.1, -0.05) is 30.3 Å². The Kier molecular flexibility index (Phi) is 4.10. The molecule has 0 aliphatic heterocycles. The second-order valence-electron chi connectivity index (χ2n) is 4.05. The predicted octanol–water partition coefficient (Wildman–Crippen LogP) is 0.838. The van der Waals surface area contributed by atoms with Gasteiger partial charge in [0.25, 0.3) is 11.5 Å². The lowest BCUT2D eigenvalue weighted by molar-refractivity contribution is 0.0915. The summed E-state index contributed by atoms with van der Waals surface area (Å²) in [6, 6.07) is 12.0. The van der Waals surface area contributed by atoms with E-state index in [2.05, 4.69) is 10.3 Å². The van der Waals surface area contributed by atoms with E-state index in [0.29, 0.717) is 5.56 Å². The summed E-state index contributed by atoms with van der Waals surface area (Å²) in [7, 11) is 0. The van der Waals surface area contributed by atoms with Crippen molar-refractivity contribution in [2.24, 2.45) is 0 Å². The van der Waals surface area contributed by atoms with Gasteiger partial charge in [0.2, 0.25) is 0 Å². The van der Waals surface area contributed by atoms with Gasteiger partial charge in [-0.2, -0.15) is 0 Å². The van der Waals surface area contributed by atoms with Gasteiger partial charge in [-0.15, -0.1) is 0 Å². The van der Waals surface area contributed by atoms with Crippen LogP contribution in [0.1, 0.15) is 22.0 Å². The van der Waals surface area contributed by atoms with E-state index in [0.717, 1.165) is 0 Å². The number of aliphatic hydroxyl groups is 1. The van der Waals surface area contributed by atoms with E-state index in [4.69, 9.17) is 0 Å². The van der Waals surface area contributed by atoms with Gasteiger partial charge in [-0.25, -0.2) is 0 Å². The molecule has 0 aliphatic carbocycles. The average Bonchev–Trinajstić information content (AvgIpc) is 2.46. The number of hydrogen-bond acceptors (Lipinski definition) is 3. The summed E-state index contributed by atoms with van der Waals surface area (Å²) in [5.74, 6) is -0.503. The molecule has 0 spiro atoms. The molecule has 1 atom stereocenters. The van der Waals surface area contributed by atoms with E-state index in [1.54, 1.807) is 18.2 Å². The zero-order valence-electron chi connectivity index (χ0n) is 10.2. The normalized spacial score (nSPS) is 11.8. The maximum atomic E-state index is 11.8. The molecule has 1 aromatic heterocycles. The molecule has 0 bridgehead atoms. The number of H-pyrrole nitrogens is 1. The fourth-order valence-electron chi connectivity index (χ4n) is 1.68. The molecule has 5 heteroatoms. The van der Waals surface area contributed by atoms with E-state index in [1.807, 2.05) is 18.2 Å². The van der Waals surface area contributed by atoms with Crippen LogP contribution in [0.5, 0.6) is 0 Å². The van der Waals surface area contributed by atoms with E-state index in [9.17, 15) is 14.7 Å². The molecular weight excluding hydrogens is 244 g/mol. The second-order valence-corrected chi connectivity index (χ2v) is 4.05. The van der Waals surface area contributed by atoms with E-state index >= 15 is 0 Å². The monoisotopic (exact) mass is 258 g/mol. The summed E-state index contributed by atoms with van der Waals surface area (Å²) < 4.78 is 0. The molecule has 0 saturated heterocycles. The first kappa shape index (κ1) is 13.0. The number of hydrogen-bond donors (Lipinski definition) is 3. The average molecular weight is 258 g/mol. The van der Waals surface area contributed by atoms with Crippen molar-refractivity contribution in [2.75, 3.05) is 6.54 Å². The molecular formula is C14H14N2O3. The molecule has 1 heterocycles. The van der Waals surface area contributed by atoms with Crippen LogP contribution in [0, 0.1) is 0 Å². The Labute approximate surface area is 109 Å². The Morgan fingerprint density at radius 2 is 1.95 bits per heavy atom. The van der Waals surface area contributed by atoms with Crippen LogP contribution in [0.15, 0.2) is 53.5 Å². The molecule has 0 saturated carbocycles. The number of aliphatic hydroxyl groups excluding tert-OH is 1. The summed E-state index contributed by atoms with van der Waals surface area (Å²) in [4.78, 5) is 25.6. The number of aromatic nitrogens is 1. The number of amides is 1. The molecule has 19 heavy (non-hydrogen) atoms. The molecule has 0 aliphatic rings. The van der Waals surface area contributed by atoms with E-state index in [-0.39, 0.29) is 12.1 Å².